The topological polar surface area (TPSA) is 95.9 Å². The lowest BCUT2D eigenvalue weighted by Crippen LogP contribution is -2.45. The van der Waals surface area contributed by atoms with Crippen LogP contribution in [0, 0.1) is 0 Å². The van der Waals surface area contributed by atoms with Crippen molar-refractivity contribution in [3.63, 3.8) is 0 Å². The van der Waals surface area contributed by atoms with E-state index in [9.17, 15) is 19.8 Å². The molecule has 0 radical (unpaired) electrons. The number of unbranched alkanes of at least 4 members (excludes halogenated alkanes) is 60. The fourth-order valence-electron chi connectivity index (χ4n) is 12.8. The Labute approximate surface area is 563 Å². The molecule has 0 aromatic rings. The molecule has 90 heavy (non-hydrogen) atoms. The van der Waals surface area contributed by atoms with Crippen LogP contribution in [0.4, 0.5) is 0 Å². The first-order valence-electron chi connectivity index (χ1n) is 40.9. The van der Waals surface area contributed by atoms with Gasteiger partial charge in [0.15, 0.2) is 0 Å². The third-order valence-corrected chi connectivity index (χ3v) is 19.1. The van der Waals surface area contributed by atoms with Crippen LogP contribution in [0.3, 0.4) is 0 Å². The van der Waals surface area contributed by atoms with Crippen molar-refractivity contribution in [1.29, 1.82) is 0 Å². The average Bonchev–Trinajstić information content (AvgIpc) is 3.67. The quantitative estimate of drug-likeness (QED) is 0.0320. The molecule has 1 amide bonds. The number of carbonyl (C=O) groups is 2. The molecule has 0 aliphatic carbocycles. The Morgan fingerprint density at radius 1 is 0.311 bits per heavy atom. The van der Waals surface area contributed by atoms with E-state index in [2.05, 4.69) is 55.6 Å². The lowest BCUT2D eigenvalue weighted by molar-refractivity contribution is -0.143. The number of nitrogens with one attached hydrogen (secondary N) is 1. The Hall–Kier alpha value is -2.18. The van der Waals surface area contributed by atoms with E-state index in [1.54, 1.807) is 6.08 Å². The van der Waals surface area contributed by atoms with E-state index in [0.717, 1.165) is 51.4 Å². The second-order valence-electron chi connectivity index (χ2n) is 28.1. The van der Waals surface area contributed by atoms with E-state index in [0.29, 0.717) is 19.4 Å². The van der Waals surface area contributed by atoms with Crippen molar-refractivity contribution in [3.8, 4) is 0 Å². The zero-order valence-corrected chi connectivity index (χ0v) is 60.9. The summed E-state index contributed by atoms with van der Waals surface area (Å²) in [6.45, 7) is 4.92. The number of aliphatic hydroxyl groups is 2. The van der Waals surface area contributed by atoms with Crippen LogP contribution in [-0.4, -0.2) is 47.4 Å². The molecule has 0 spiro atoms. The minimum Gasteiger partial charge on any atom is -0.466 e. The van der Waals surface area contributed by atoms with Crippen molar-refractivity contribution in [1.82, 2.24) is 5.32 Å². The van der Waals surface area contributed by atoms with Gasteiger partial charge in [0.1, 0.15) is 0 Å². The van der Waals surface area contributed by atoms with E-state index in [1.807, 2.05) is 6.08 Å². The molecule has 0 aromatic carbocycles. The maximum Gasteiger partial charge on any atom is 0.305 e. The summed E-state index contributed by atoms with van der Waals surface area (Å²) >= 11 is 0. The fraction of sp³-hybridized carbons (Fsp3) is 0.881. The molecule has 0 bridgehead atoms. The predicted molar refractivity (Wildman–Crippen MR) is 398 cm³/mol. The van der Waals surface area contributed by atoms with E-state index >= 15 is 0 Å². The van der Waals surface area contributed by atoms with Gasteiger partial charge in [-0.15, -0.1) is 0 Å². The van der Waals surface area contributed by atoms with Gasteiger partial charge in [-0.3, -0.25) is 9.59 Å². The summed E-state index contributed by atoms with van der Waals surface area (Å²) < 4.78 is 5.51. The number of allylic oxidation sites excluding steroid dienone is 7. The Morgan fingerprint density at radius 2 is 0.556 bits per heavy atom. The van der Waals surface area contributed by atoms with Crippen LogP contribution >= 0.6 is 0 Å². The molecule has 0 saturated heterocycles. The zero-order chi connectivity index (χ0) is 64.9. The smallest absolute Gasteiger partial charge is 0.305 e. The second kappa shape index (κ2) is 79.3. The van der Waals surface area contributed by atoms with Gasteiger partial charge in [0.25, 0.3) is 0 Å². The number of hydrogen-bond donors (Lipinski definition) is 3. The van der Waals surface area contributed by atoms with Crippen LogP contribution < -0.4 is 5.32 Å². The van der Waals surface area contributed by atoms with Gasteiger partial charge >= 0.3 is 5.97 Å². The number of amides is 1. The van der Waals surface area contributed by atoms with Crippen molar-refractivity contribution in [2.24, 2.45) is 0 Å². The molecule has 3 N–H and O–H groups in total. The highest BCUT2D eigenvalue weighted by molar-refractivity contribution is 5.76. The number of ether oxygens (including phenoxy) is 1. The van der Waals surface area contributed by atoms with Crippen LogP contribution in [0.2, 0.25) is 0 Å². The minimum atomic E-state index is -0.844. The highest BCUT2D eigenvalue weighted by Crippen LogP contribution is 2.20. The van der Waals surface area contributed by atoms with Gasteiger partial charge in [-0.2, -0.15) is 0 Å². The molecule has 0 aromatic heterocycles. The number of hydrogen-bond acceptors (Lipinski definition) is 5. The average molecular weight is 1260 g/mol. The number of rotatable bonds is 77. The van der Waals surface area contributed by atoms with E-state index in [4.69, 9.17) is 4.74 Å². The van der Waals surface area contributed by atoms with E-state index in [-0.39, 0.29) is 18.5 Å². The predicted octanol–water partition coefficient (Wildman–Crippen LogP) is 27.2. The third kappa shape index (κ3) is 74.9. The fourth-order valence-corrected chi connectivity index (χ4v) is 12.8. The number of esters is 1. The molecular weight excluding hydrogens is 1100 g/mol. The largest absolute Gasteiger partial charge is 0.466 e. The maximum atomic E-state index is 12.5. The van der Waals surface area contributed by atoms with E-state index < -0.39 is 12.1 Å². The highest BCUT2D eigenvalue weighted by atomic mass is 16.5. The summed E-state index contributed by atoms with van der Waals surface area (Å²) in [5, 5.41) is 23.3. The van der Waals surface area contributed by atoms with Gasteiger partial charge in [-0.1, -0.05) is 396 Å². The van der Waals surface area contributed by atoms with Gasteiger partial charge in [-0.25, -0.2) is 0 Å². The second-order valence-corrected chi connectivity index (χ2v) is 28.1. The Balaban J connectivity index is 3.36. The van der Waals surface area contributed by atoms with Gasteiger partial charge in [0, 0.05) is 12.8 Å². The van der Waals surface area contributed by atoms with Crippen molar-refractivity contribution in [2.75, 3.05) is 13.2 Å². The number of aliphatic hydroxyl groups excluding tert-OH is 2. The van der Waals surface area contributed by atoms with Crippen LogP contribution in [0.5, 0.6) is 0 Å². The molecule has 530 valence electrons. The molecule has 0 aliphatic heterocycles. The number of carbonyl (C=O) groups excluding carboxylic acids is 2. The van der Waals surface area contributed by atoms with Crippen LogP contribution in [0.25, 0.3) is 0 Å². The summed E-state index contributed by atoms with van der Waals surface area (Å²) in [5.41, 5.74) is 0. The summed E-state index contributed by atoms with van der Waals surface area (Å²) in [7, 11) is 0. The Kier molecular flexibility index (Phi) is 77.3. The molecule has 0 fully saturated rings. The molecular formula is C84H159NO5. The van der Waals surface area contributed by atoms with Crippen molar-refractivity contribution in [3.05, 3.63) is 48.6 Å². The summed E-state index contributed by atoms with van der Waals surface area (Å²) in [6.07, 6.45) is 105. The van der Waals surface area contributed by atoms with E-state index in [1.165, 1.54) is 372 Å². The lowest BCUT2D eigenvalue weighted by atomic mass is 10.0. The first-order chi connectivity index (χ1) is 44.5. The monoisotopic (exact) mass is 1260 g/mol. The summed E-state index contributed by atoms with van der Waals surface area (Å²) in [6, 6.07) is -0.627. The maximum absolute atomic E-state index is 12.5. The summed E-state index contributed by atoms with van der Waals surface area (Å²) in [5.74, 6) is -0.0474. The molecule has 0 heterocycles. The van der Waals surface area contributed by atoms with Crippen LogP contribution in [-0.2, 0) is 14.3 Å². The third-order valence-electron chi connectivity index (χ3n) is 19.1. The van der Waals surface area contributed by atoms with Gasteiger partial charge < -0.3 is 20.3 Å². The van der Waals surface area contributed by atoms with Crippen LogP contribution in [0.1, 0.15) is 450 Å². The van der Waals surface area contributed by atoms with Gasteiger partial charge in [0.05, 0.1) is 25.4 Å². The molecule has 0 aliphatic rings. The molecule has 2 atom stereocenters. The standard InChI is InChI=1S/C84H159NO5/c1-3-5-7-9-11-13-15-17-19-21-22-38-41-45-48-52-56-60-64-68-72-76-82(87)81(80-86)85-83(88)77-73-69-65-61-57-53-49-46-42-39-36-34-32-30-28-26-24-23-25-27-29-31-33-35-37-40-43-47-51-55-59-63-67-71-75-79-90-84(89)78-74-70-66-62-58-54-50-44-20-18-16-14-12-10-8-6-4-2/h12,14,18,20,25,27,72,76,81-82,86-87H,3-11,13,15-17,19,21-24,26,28-71,73-75,77-80H2,1-2H3,(H,85,88)/b14-12-,20-18-,27-25-,76-72+. The molecule has 2 unspecified atom stereocenters. The van der Waals surface area contributed by atoms with Crippen LogP contribution in [0.15, 0.2) is 48.6 Å². The van der Waals surface area contributed by atoms with Crippen molar-refractivity contribution >= 4 is 11.9 Å². The molecule has 6 nitrogen and oxygen atoms in total. The Morgan fingerprint density at radius 3 is 0.878 bits per heavy atom. The minimum absolute atomic E-state index is 0.0127. The zero-order valence-electron chi connectivity index (χ0n) is 60.9. The van der Waals surface area contributed by atoms with Gasteiger partial charge in [0.2, 0.25) is 5.91 Å². The van der Waals surface area contributed by atoms with Crippen molar-refractivity contribution < 1.29 is 24.5 Å². The molecule has 0 saturated carbocycles. The summed E-state index contributed by atoms with van der Waals surface area (Å²) in [4.78, 5) is 24.7. The first-order valence-corrected chi connectivity index (χ1v) is 40.9. The normalized spacial score (nSPS) is 12.7. The SMILES string of the molecule is CCCCC/C=C\C/C=C\CCCCCCCCCC(=O)OCCCCCCCCCCCCCCCC/C=C\CCCCCCCCCCCCCCCCCCCC(=O)NC(CO)C(O)/C=C/CCCCCCCCCCCCCCCCCCCCC. The first kappa shape index (κ1) is 87.8. The van der Waals surface area contributed by atoms with Crippen molar-refractivity contribution in [2.45, 2.75) is 463 Å². The molecule has 6 heteroatoms. The highest BCUT2D eigenvalue weighted by Gasteiger charge is 2.18. The molecule has 0 rings (SSSR count). The van der Waals surface area contributed by atoms with Gasteiger partial charge in [-0.05, 0) is 89.9 Å². The lowest BCUT2D eigenvalue weighted by Gasteiger charge is -2.20. The Bertz CT molecular complexity index is 1500.